The number of aromatic nitrogens is 2. The van der Waals surface area contributed by atoms with Crippen molar-refractivity contribution in [1.82, 2.24) is 9.97 Å². The van der Waals surface area contributed by atoms with Gasteiger partial charge in [0.1, 0.15) is 0 Å². The zero-order chi connectivity index (χ0) is 14.1. The van der Waals surface area contributed by atoms with Crippen LogP contribution in [0.2, 0.25) is 0 Å². The molecular formula is C12H18N2O3S2. The van der Waals surface area contributed by atoms with E-state index in [0.29, 0.717) is 17.5 Å². The molecule has 106 valence electrons. The van der Waals surface area contributed by atoms with E-state index < -0.39 is 0 Å². The van der Waals surface area contributed by atoms with Crippen LogP contribution in [0.25, 0.3) is 0 Å². The number of hydrogen-bond donors (Lipinski definition) is 1. The highest BCUT2D eigenvalue weighted by molar-refractivity contribution is 7.99. The number of hydrogen-bond acceptors (Lipinski definition) is 6. The van der Waals surface area contributed by atoms with Crippen molar-refractivity contribution in [3.05, 3.63) is 22.1 Å². The average Bonchev–Trinajstić information content (AvgIpc) is 2.40. The Kier molecular flexibility index (Phi) is 7.66. The molecule has 0 aliphatic heterocycles. The summed E-state index contributed by atoms with van der Waals surface area (Å²) in [7, 11) is 0. The van der Waals surface area contributed by atoms with Crippen LogP contribution in [0.1, 0.15) is 26.0 Å². The predicted molar refractivity (Wildman–Crippen MR) is 78.7 cm³/mol. The molecule has 1 aromatic rings. The minimum absolute atomic E-state index is 0.160. The predicted octanol–water partition coefficient (Wildman–Crippen LogP) is 2.07. The van der Waals surface area contributed by atoms with E-state index in [9.17, 15) is 9.59 Å². The number of nitrogens with one attached hydrogen (secondary N) is 1. The Morgan fingerprint density at radius 2 is 2.26 bits per heavy atom. The first-order valence-corrected chi connectivity index (χ1v) is 8.26. The van der Waals surface area contributed by atoms with Crippen LogP contribution in [-0.2, 0) is 15.3 Å². The number of rotatable bonds is 8. The topological polar surface area (TPSA) is 72.0 Å². The molecule has 0 radical (unpaired) electrons. The van der Waals surface area contributed by atoms with E-state index in [1.165, 1.54) is 17.8 Å². The fourth-order valence-electron chi connectivity index (χ4n) is 1.22. The average molecular weight is 302 g/mol. The van der Waals surface area contributed by atoms with E-state index in [4.69, 9.17) is 4.74 Å². The molecule has 0 saturated heterocycles. The highest BCUT2D eigenvalue weighted by atomic mass is 32.2. The summed E-state index contributed by atoms with van der Waals surface area (Å²) < 4.78 is 4.95. The summed E-state index contributed by atoms with van der Waals surface area (Å²) in [4.78, 5) is 29.7. The molecule has 7 heteroatoms. The number of ether oxygens (including phenoxy) is 1. The third-order valence-corrected chi connectivity index (χ3v) is 3.78. The van der Waals surface area contributed by atoms with E-state index >= 15 is 0 Å². The highest BCUT2D eigenvalue weighted by Gasteiger charge is 2.07. The van der Waals surface area contributed by atoms with Gasteiger partial charge in [0.15, 0.2) is 5.16 Å². The molecule has 1 aromatic heterocycles. The van der Waals surface area contributed by atoms with Gasteiger partial charge in [0.25, 0.3) is 5.56 Å². The number of nitrogens with zero attached hydrogens (tertiary/aromatic N) is 1. The first-order chi connectivity index (χ1) is 9.15. The first-order valence-electron chi connectivity index (χ1n) is 6.12. The molecule has 0 aliphatic rings. The SMILES string of the molecule is CCCOC(=O)CSc1nc(CSCC)cc(=O)[nH]1. The van der Waals surface area contributed by atoms with Crippen LogP contribution in [0.5, 0.6) is 0 Å². The van der Waals surface area contributed by atoms with Crippen LogP contribution in [-0.4, -0.2) is 34.0 Å². The molecular weight excluding hydrogens is 284 g/mol. The summed E-state index contributed by atoms with van der Waals surface area (Å²) in [5.41, 5.74) is 0.547. The van der Waals surface area contributed by atoms with Crippen molar-refractivity contribution in [2.75, 3.05) is 18.1 Å². The molecule has 1 heterocycles. The van der Waals surface area contributed by atoms with Gasteiger partial charge in [0, 0.05) is 11.8 Å². The normalized spacial score (nSPS) is 10.4. The molecule has 0 aliphatic carbocycles. The van der Waals surface area contributed by atoms with Gasteiger partial charge in [0.2, 0.25) is 0 Å². The van der Waals surface area contributed by atoms with Gasteiger partial charge in [0.05, 0.1) is 18.1 Å². The first kappa shape index (κ1) is 16.1. The van der Waals surface area contributed by atoms with Crippen molar-refractivity contribution in [2.45, 2.75) is 31.2 Å². The second-order valence-electron chi connectivity index (χ2n) is 3.69. The molecule has 1 rings (SSSR count). The van der Waals surface area contributed by atoms with Crippen molar-refractivity contribution in [1.29, 1.82) is 0 Å². The minimum Gasteiger partial charge on any atom is -0.465 e. The molecule has 5 nitrogen and oxygen atoms in total. The Balaban J connectivity index is 2.55. The van der Waals surface area contributed by atoms with Crippen LogP contribution < -0.4 is 5.56 Å². The fraction of sp³-hybridized carbons (Fsp3) is 0.583. The van der Waals surface area contributed by atoms with Crippen molar-refractivity contribution >= 4 is 29.5 Å². The van der Waals surface area contributed by atoms with E-state index in [-0.39, 0.29) is 17.3 Å². The quantitative estimate of drug-likeness (QED) is 0.450. The molecule has 0 saturated carbocycles. The van der Waals surface area contributed by atoms with Gasteiger partial charge < -0.3 is 9.72 Å². The number of H-pyrrole nitrogens is 1. The maximum atomic E-state index is 11.5. The lowest BCUT2D eigenvalue weighted by atomic mass is 10.5. The standard InChI is InChI=1S/C12H18N2O3S2/c1-3-5-17-11(16)8-19-12-13-9(7-18-4-2)6-10(15)14-12/h6H,3-5,7-8H2,1-2H3,(H,13,14,15). The molecule has 19 heavy (non-hydrogen) atoms. The smallest absolute Gasteiger partial charge is 0.316 e. The van der Waals surface area contributed by atoms with Crippen molar-refractivity contribution < 1.29 is 9.53 Å². The monoisotopic (exact) mass is 302 g/mol. The summed E-state index contributed by atoms with van der Waals surface area (Å²) >= 11 is 2.89. The van der Waals surface area contributed by atoms with Crippen LogP contribution in [0.15, 0.2) is 16.0 Å². The molecule has 0 bridgehead atoms. The summed E-state index contributed by atoms with van der Waals surface area (Å²) in [5.74, 6) is 1.55. The van der Waals surface area contributed by atoms with Gasteiger partial charge in [-0.2, -0.15) is 11.8 Å². The summed E-state index contributed by atoms with van der Waals surface area (Å²) in [6.07, 6.45) is 0.801. The van der Waals surface area contributed by atoms with Gasteiger partial charge in [-0.05, 0) is 12.2 Å². The molecule has 0 amide bonds. The Morgan fingerprint density at radius 3 is 2.95 bits per heavy atom. The summed E-state index contributed by atoms with van der Waals surface area (Å²) in [6, 6.07) is 1.49. The lowest BCUT2D eigenvalue weighted by molar-refractivity contribution is -0.140. The molecule has 0 atom stereocenters. The number of esters is 1. The van der Waals surface area contributed by atoms with Crippen LogP contribution in [0.3, 0.4) is 0 Å². The molecule has 0 spiro atoms. The van der Waals surface area contributed by atoms with E-state index in [1.54, 1.807) is 11.8 Å². The van der Waals surface area contributed by atoms with Gasteiger partial charge in [-0.1, -0.05) is 25.6 Å². The van der Waals surface area contributed by atoms with E-state index in [1.807, 2.05) is 6.92 Å². The second-order valence-corrected chi connectivity index (χ2v) is 5.93. The number of carbonyl (C=O) groups excluding carboxylic acids is 1. The Bertz CT molecular complexity index is 463. The maximum absolute atomic E-state index is 11.5. The third-order valence-electron chi connectivity index (χ3n) is 2.02. The minimum atomic E-state index is -0.289. The van der Waals surface area contributed by atoms with Crippen LogP contribution >= 0.6 is 23.5 Å². The Labute approximate surface area is 120 Å². The lowest BCUT2D eigenvalue weighted by Crippen LogP contribution is -2.12. The largest absolute Gasteiger partial charge is 0.465 e. The third kappa shape index (κ3) is 6.68. The molecule has 0 aromatic carbocycles. The summed E-state index contributed by atoms with van der Waals surface area (Å²) in [6.45, 7) is 4.42. The molecule has 1 N–H and O–H groups in total. The highest BCUT2D eigenvalue weighted by Crippen LogP contribution is 2.14. The molecule has 0 unspecified atom stereocenters. The Morgan fingerprint density at radius 1 is 1.47 bits per heavy atom. The van der Waals surface area contributed by atoms with Crippen LogP contribution in [0, 0.1) is 0 Å². The fourth-order valence-corrected chi connectivity index (χ4v) is 2.47. The number of carbonyl (C=O) groups is 1. The van der Waals surface area contributed by atoms with Crippen molar-refractivity contribution in [3.63, 3.8) is 0 Å². The maximum Gasteiger partial charge on any atom is 0.316 e. The van der Waals surface area contributed by atoms with Gasteiger partial charge in [-0.3, -0.25) is 9.59 Å². The van der Waals surface area contributed by atoms with Crippen molar-refractivity contribution in [3.8, 4) is 0 Å². The lowest BCUT2D eigenvalue weighted by Gasteiger charge is -2.04. The molecule has 0 fully saturated rings. The number of thioether (sulfide) groups is 2. The zero-order valence-electron chi connectivity index (χ0n) is 11.1. The zero-order valence-corrected chi connectivity index (χ0v) is 12.7. The van der Waals surface area contributed by atoms with Gasteiger partial charge in [-0.25, -0.2) is 4.98 Å². The Hall–Kier alpha value is -0.950. The van der Waals surface area contributed by atoms with Gasteiger partial charge >= 0.3 is 5.97 Å². The second kappa shape index (κ2) is 9.03. The van der Waals surface area contributed by atoms with E-state index in [0.717, 1.165) is 17.9 Å². The summed E-state index contributed by atoms with van der Waals surface area (Å²) in [5, 5.41) is 0.465. The number of aromatic amines is 1. The van der Waals surface area contributed by atoms with Crippen LogP contribution in [0.4, 0.5) is 0 Å². The van der Waals surface area contributed by atoms with E-state index in [2.05, 4.69) is 16.9 Å². The van der Waals surface area contributed by atoms with Crippen molar-refractivity contribution in [2.24, 2.45) is 0 Å². The van der Waals surface area contributed by atoms with Gasteiger partial charge in [-0.15, -0.1) is 0 Å².